The number of allylic oxidation sites excluding steroid dienone is 10. The van der Waals surface area contributed by atoms with Crippen LogP contribution in [0.3, 0.4) is 0 Å². The van der Waals surface area contributed by atoms with E-state index in [1.807, 2.05) is 0 Å². The van der Waals surface area contributed by atoms with Gasteiger partial charge in [0.2, 0.25) is 0 Å². The zero-order valence-corrected chi connectivity index (χ0v) is 10.0. The van der Waals surface area contributed by atoms with Crippen molar-refractivity contribution in [3.8, 4) is 0 Å². The fourth-order valence-electron chi connectivity index (χ4n) is 1.08. The zero-order valence-electron chi connectivity index (χ0n) is 10.0. The summed E-state index contributed by atoms with van der Waals surface area (Å²) in [5.74, 6) is 0. The Hall–Kier alpha value is -1.56. The van der Waals surface area contributed by atoms with Crippen LogP contribution in [0.15, 0.2) is 73.9 Å². The molecule has 0 aliphatic heterocycles. The molecule has 2 rings (SSSR count). The van der Waals surface area contributed by atoms with Crippen molar-refractivity contribution in [2.24, 2.45) is 0 Å². The van der Waals surface area contributed by atoms with Crippen LogP contribution >= 0.6 is 0 Å². The number of rotatable bonds is 1. The van der Waals surface area contributed by atoms with Gasteiger partial charge in [0.25, 0.3) is 0 Å². The molecule has 0 heterocycles. The van der Waals surface area contributed by atoms with Crippen molar-refractivity contribution in [3.63, 3.8) is 0 Å². The molecule has 0 N–H and O–H groups in total. The van der Waals surface area contributed by atoms with Gasteiger partial charge in [-0.1, -0.05) is 73.9 Å². The molecule has 0 bridgehead atoms. The lowest BCUT2D eigenvalue weighted by Crippen LogP contribution is -1.67. The van der Waals surface area contributed by atoms with E-state index in [1.54, 1.807) is 12.2 Å². The lowest BCUT2D eigenvalue weighted by molar-refractivity contribution is 1.04. The number of hydrogen-bond donors (Lipinski definition) is 0. The second kappa shape index (κ2) is 13.4. The summed E-state index contributed by atoms with van der Waals surface area (Å²) in [4.78, 5) is 0. The van der Waals surface area contributed by atoms with Crippen molar-refractivity contribution < 1.29 is 0 Å². The highest BCUT2D eigenvalue weighted by Gasteiger charge is 1.78. The summed E-state index contributed by atoms with van der Waals surface area (Å²) >= 11 is 0. The van der Waals surface area contributed by atoms with Crippen LogP contribution in [0, 0.1) is 0 Å². The molecule has 0 atom stereocenters. The summed E-state index contributed by atoms with van der Waals surface area (Å²) in [6.07, 6.45) is 25.3. The Morgan fingerprint density at radius 2 is 0.812 bits per heavy atom. The predicted molar refractivity (Wildman–Crippen MR) is 75.4 cm³/mol. The Kier molecular flexibility index (Phi) is 12.1. The van der Waals surface area contributed by atoms with Gasteiger partial charge in [0.05, 0.1) is 0 Å². The molecule has 0 saturated heterocycles. The highest BCUT2D eigenvalue weighted by atomic mass is 13.8. The minimum absolute atomic E-state index is 1.23. The van der Waals surface area contributed by atoms with Crippen LogP contribution in [-0.4, -0.2) is 0 Å². The lowest BCUT2D eigenvalue weighted by atomic mass is 10.2. The van der Waals surface area contributed by atoms with Crippen LogP contribution < -0.4 is 0 Å². The first-order valence-electron chi connectivity index (χ1n) is 5.78. The van der Waals surface area contributed by atoms with Crippen LogP contribution in [0.5, 0.6) is 0 Å². The second-order valence-corrected chi connectivity index (χ2v) is 3.34. The average molecular weight is 214 g/mol. The van der Waals surface area contributed by atoms with E-state index in [2.05, 4.69) is 61.8 Å². The Balaban J connectivity index is 0.000000217. The Bertz CT molecular complexity index is 220. The van der Waals surface area contributed by atoms with Crippen LogP contribution in [-0.2, 0) is 0 Å². The first-order valence-corrected chi connectivity index (χ1v) is 5.78. The van der Waals surface area contributed by atoms with Gasteiger partial charge in [-0.25, -0.2) is 0 Å². The molecule has 86 valence electrons. The topological polar surface area (TPSA) is 0 Å². The summed E-state index contributed by atoms with van der Waals surface area (Å²) in [5.41, 5.74) is 0. The summed E-state index contributed by atoms with van der Waals surface area (Å²) in [5, 5.41) is 0. The number of hydrogen-bond acceptors (Lipinski definition) is 0. The van der Waals surface area contributed by atoms with Gasteiger partial charge in [-0.05, 0) is 25.7 Å². The molecule has 0 aromatic carbocycles. The Labute approximate surface area is 100 Å². The third kappa shape index (κ3) is 12.4. The molecule has 0 spiro atoms. The van der Waals surface area contributed by atoms with Crippen molar-refractivity contribution in [1.82, 2.24) is 0 Å². The van der Waals surface area contributed by atoms with Gasteiger partial charge >= 0.3 is 0 Å². The van der Waals surface area contributed by atoms with Gasteiger partial charge in [-0.3, -0.25) is 0 Å². The molecule has 0 saturated carbocycles. The van der Waals surface area contributed by atoms with E-state index in [-0.39, 0.29) is 0 Å². The van der Waals surface area contributed by atoms with Crippen LogP contribution in [0.2, 0.25) is 0 Å². The summed E-state index contributed by atoms with van der Waals surface area (Å²) in [7, 11) is 0. The van der Waals surface area contributed by atoms with E-state index >= 15 is 0 Å². The third-order valence-electron chi connectivity index (χ3n) is 1.93. The molecule has 2 aliphatic carbocycles. The van der Waals surface area contributed by atoms with Crippen LogP contribution in [0.25, 0.3) is 0 Å². The average Bonchev–Trinajstić information content (AvgIpc) is 2.44. The fourth-order valence-corrected chi connectivity index (χ4v) is 1.08. The summed E-state index contributed by atoms with van der Waals surface area (Å²) in [6.45, 7) is 6.72. The standard InChI is InChI=1S/2C6H8.C4H6/c2*1-2-4-6-5-3-1;1-3-4-2/h2*1-4H,5-6H2;3-4H,1-2H2. The maximum absolute atomic E-state index is 3.36. The molecule has 0 radical (unpaired) electrons. The summed E-state index contributed by atoms with van der Waals surface area (Å²) < 4.78 is 0. The highest BCUT2D eigenvalue weighted by molar-refractivity contribution is 5.07. The van der Waals surface area contributed by atoms with Crippen molar-refractivity contribution >= 4 is 0 Å². The minimum Gasteiger partial charge on any atom is -0.0991 e. The van der Waals surface area contributed by atoms with Gasteiger partial charge in [-0.15, -0.1) is 0 Å². The molecule has 0 aromatic heterocycles. The van der Waals surface area contributed by atoms with E-state index in [0.29, 0.717) is 0 Å². The third-order valence-corrected chi connectivity index (χ3v) is 1.93. The van der Waals surface area contributed by atoms with E-state index in [9.17, 15) is 0 Å². The maximum Gasteiger partial charge on any atom is -0.0313 e. The summed E-state index contributed by atoms with van der Waals surface area (Å²) in [6, 6.07) is 0. The van der Waals surface area contributed by atoms with E-state index in [4.69, 9.17) is 0 Å². The van der Waals surface area contributed by atoms with Gasteiger partial charge in [-0.2, -0.15) is 0 Å². The van der Waals surface area contributed by atoms with Crippen molar-refractivity contribution in [3.05, 3.63) is 73.9 Å². The minimum atomic E-state index is 1.23. The van der Waals surface area contributed by atoms with Crippen molar-refractivity contribution in [2.75, 3.05) is 0 Å². The molecule has 0 unspecified atom stereocenters. The molecular formula is C16H22. The van der Waals surface area contributed by atoms with Gasteiger partial charge in [0, 0.05) is 0 Å². The zero-order chi connectivity index (χ0) is 11.9. The van der Waals surface area contributed by atoms with E-state index in [0.717, 1.165) is 0 Å². The van der Waals surface area contributed by atoms with Gasteiger partial charge in [0.15, 0.2) is 0 Å². The van der Waals surface area contributed by atoms with Gasteiger partial charge in [0.1, 0.15) is 0 Å². The monoisotopic (exact) mass is 214 g/mol. The first-order chi connectivity index (χ1) is 7.91. The van der Waals surface area contributed by atoms with E-state index in [1.165, 1.54) is 25.7 Å². The molecule has 0 heteroatoms. The normalized spacial score (nSPS) is 15.2. The Morgan fingerprint density at radius 1 is 0.562 bits per heavy atom. The van der Waals surface area contributed by atoms with Crippen LogP contribution in [0.4, 0.5) is 0 Å². The fraction of sp³-hybridized carbons (Fsp3) is 0.250. The molecule has 0 fully saturated rings. The SMILES string of the molecule is C1=CCCC=C1.C1=CCCC=C1.C=CC=C. The van der Waals surface area contributed by atoms with Crippen molar-refractivity contribution in [1.29, 1.82) is 0 Å². The maximum atomic E-state index is 3.36. The van der Waals surface area contributed by atoms with E-state index < -0.39 is 0 Å². The van der Waals surface area contributed by atoms with Crippen molar-refractivity contribution in [2.45, 2.75) is 25.7 Å². The molecule has 0 amide bonds. The molecule has 0 nitrogen and oxygen atoms in total. The molecular weight excluding hydrogens is 192 g/mol. The first kappa shape index (κ1) is 14.4. The molecule has 16 heavy (non-hydrogen) atoms. The molecule has 0 aromatic rings. The van der Waals surface area contributed by atoms with Gasteiger partial charge < -0.3 is 0 Å². The second-order valence-electron chi connectivity index (χ2n) is 3.34. The Morgan fingerprint density at radius 3 is 0.875 bits per heavy atom. The largest absolute Gasteiger partial charge is 0.0991 e. The lowest BCUT2D eigenvalue weighted by Gasteiger charge is -1.88. The van der Waals surface area contributed by atoms with Crippen LogP contribution in [0.1, 0.15) is 25.7 Å². The molecule has 2 aliphatic rings. The smallest absolute Gasteiger partial charge is 0.0313 e. The quantitative estimate of drug-likeness (QED) is 0.530. The predicted octanol–water partition coefficient (Wildman–Crippen LogP) is 5.14. The highest BCUT2D eigenvalue weighted by Crippen LogP contribution is 1.98.